The van der Waals surface area contributed by atoms with Crippen LogP contribution in [0.2, 0.25) is 5.02 Å². The van der Waals surface area contributed by atoms with Gasteiger partial charge in [0.2, 0.25) is 5.91 Å². The number of nitrogens with one attached hydrogen (secondary N) is 2. The molecule has 1 saturated carbocycles. The third kappa shape index (κ3) is 4.55. The maximum Gasteiger partial charge on any atom is 0.266 e. The number of amides is 1. The fourth-order valence-electron chi connectivity index (χ4n) is 4.57. The Morgan fingerprint density at radius 2 is 1.83 bits per heavy atom. The van der Waals surface area contributed by atoms with Crippen LogP contribution in [0, 0.1) is 5.41 Å². The molecule has 7 heteroatoms. The molecular weight excluding hydrogens is 420 g/mol. The average Bonchev–Trinajstić information content (AvgIpc) is 3.34. The van der Waals surface area contributed by atoms with Gasteiger partial charge < -0.3 is 4.98 Å². The molecule has 0 bridgehead atoms. The summed E-state index contributed by atoms with van der Waals surface area (Å²) < 4.78 is 28.0. The van der Waals surface area contributed by atoms with E-state index in [1.807, 2.05) is 18.2 Å². The molecule has 30 heavy (non-hydrogen) atoms. The Hall–Kier alpha value is -2.31. The second-order valence-corrected chi connectivity index (χ2v) is 10.3. The summed E-state index contributed by atoms with van der Waals surface area (Å²) in [7, 11) is -3.97. The van der Waals surface area contributed by atoms with E-state index in [1.165, 1.54) is 11.8 Å². The predicted molar refractivity (Wildman–Crippen MR) is 119 cm³/mol. The van der Waals surface area contributed by atoms with E-state index in [0.29, 0.717) is 15.9 Å². The lowest BCUT2D eigenvalue weighted by molar-refractivity contribution is -0.121. The van der Waals surface area contributed by atoms with Crippen molar-refractivity contribution in [2.45, 2.75) is 49.8 Å². The summed E-state index contributed by atoms with van der Waals surface area (Å²) in [6, 6.07) is 15.2. The van der Waals surface area contributed by atoms with Gasteiger partial charge in [-0.15, -0.1) is 0 Å². The first kappa shape index (κ1) is 20.9. The van der Waals surface area contributed by atoms with E-state index in [2.05, 4.69) is 21.8 Å². The van der Waals surface area contributed by atoms with Gasteiger partial charge in [0.05, 0.1) is 0 Å². The molecule has 0 saturated heterocycles. The summed E-state index contributed by atoms with van der Waals surface area (Å²) in [6.45, 7) is 0. The molecule has 0 atom stereocenters. The van der Waals surface area contributed by atoms with Gasteiger partial charge in [-0.3, -0.25) is 4.79 Å². The first-order chi connectivity index (χ1) is 14.4. The zero-order valence-corrected chi connectivity index (χ0v) is 18.2. The highest BCUT2D eigenvalue weighted by Crippen LogP contribution is 2.45. The van der Waals surface area contributed by atoms with Crippen molar-refractivity contribution in [1.82, 2.24) is 9.71 Å². The molecule has 2 aromatic carbocycles. The number of fused-ring (bicyclic) bond motifs is 1. The van der Waals surface area contributed by atoms with Crippen LogP contribution in [0.25, 0.3) is 10.9 Å². The smallest absolute Gasteiger partial charge is 0.266 e. The number of sulfonamides is 1. The van der Waals surface area contributed by atoms with Gasteiger partial charge in [0.15, 0.2) is 0 Å². The zero-order chi connectivity index (χ0) is 21.2. The molecule has 1 aliphatic carbocycles. The maximum atomic E-state index is 12.9. The van der Waals surface area contributed by atoms with Gasteiger partial charge in [0, 0.05) is 28.5 Å². The second kappa shape index (κ2) is 8.44. The largest absolute Gasteiger partial charge is 0.360 e. The van der Waals surface area contributed by atoms with Crippen LogP contribution in [0.4, 0.5) is 0 Å². The highest BCUT2D eigenvalue weighted by Gasteiger charge is 2.36. The van der Waals surface area contributed by atoms with Gasteiger partial charge in [-0.2, -0.15) is 0 Å². The monoisotopic (exact) mass is 444 g/mol. The number of carbonyl (C=O) groups excluding carboxylic acids is 1. The number of benzene rings is 2. The summed E-state index contributed by atoms with van der Waals surface area (Å²) in [6.07, 6.45) is 7.48. The van der Waals surface area contributed by atoms with Crippen molar-refractivity contribution >= 4 is 38.4 Å². The first-order valence-corrected chi connectivity index (χ1v) is 12.1. The average molecular weight is 445 g/mol. The number of rotatable bonds is 7. The Balaban J connectivity index is 1.47. The summed E-state index contributed by atoms with van der Waals surface area (Å²) in [5.74, 6) is -0.437. The van der Waals surface area contributed by atoms with E-state index in [0.717, 1.165) is 38.5 Å². The van der Waals surface area contributed by atoms with Crippen molar-refractivity contribution in [2.24, 2.45) is 5.41 Å². The molecule has 0 radical (unpaired) electrons. The van der Waals surface area contributed by atoms with Crippen LogP contribution in [-0.2, 0) is 21.2 Å². The SMILES string of the molecule is O=C(CC1(CCc2ccccc2)CCCC1)NS(=O)(=O)c1c[nH]c2cc(Cl)ccc12. The fraction of sp³-hybridized carbons (Fsp3) is 0.348. The molecule has 3 aromatic rings. The lowest BCUT2D eigenvalue weighted by atomic mass is 9.77. The van der Waals surface area contributed by atoms with Gasteiger partial charge in [0.25, 0.3) is 10.0 Å². The van der Waals surface area contributed by atoms with E-state index in [1.54, 1.807) is 18.2 Å². The molecule has 5 nitrogen and oxygen atoms in total. The Bertz CT molecular complexity index is 1150. The number of H-pyrrole nitrogens is 1. The molecule has 0 unspecified atom stereocenters. The summed E-state index contributed by atoms with van der Waals surface area (Å²) in [5.41, 5.74) is 1.73. The van der Waals surface area contributed by atoms with Crippen molar-refractivity contribution < 1.29 is 13.2 Å². The molecule has 0 spiro atoms. The molecule has 2 N–H and O–H groups in total. The minimum Gasteiger partial charge on any atom is -0.360 e. The third-order valence-corrected chi connectivity index (χ3v) is 7.78. The van der Waals surface area contributed by atoms with Gasteiger partial charge >= 0.3 is 0 Å². The van der Waals surface area contributed by atoms with Crippen LogP contribution in [0.1, 0.15) is 44.1 Å². The van der Waals surface area contributed by atoms with Gasteiger partial charge in [-0.1, -0.05) is 54.8 Å². The van der Waals surface area contributed by atoms with E-state index in [4.69, 9.17) is 11.6 Å². The number of aromatic nitrogens is 1. The molecular formula is C23H25ClN2O3S. The Kier molecular flexibility index (Phi) is 5.89. The highest BCUT2D eigenvalue weighted by molar-refractivity contribution is 7.90. The summed E-state index contributed by atoms with van der Waals surface area (Å²) in [4.78, 5) is 15.8. The molecule has 1 aromatic heterocycles. The number of hydrogen-bond acceptors (Lipinski definition) is 3. The quantitative estimate of drug-likeness (QED) is 0.525. The molecule has 4 rings (SSSR count). The lowest BCUT2D eigenvalue weighted by Crippen LogP contribution is -2.35. The topological polar surface area (TPSA) is 79.0 Å². The van der Waals surface area contributed by atoms with Crippen LogP contribution >= 0.6 is 11.6 Å². The van der Waals surface area contributed by atoms with E-state index in [-0.39, 0.29) is 16.7 Å². The molecule has 0 aliphatic heterocycles. The van der Waals surface area contributed by atoms with Crippen LogP contribution in [0.3, 0.4) is 0 Å². The standard InChI is InChI=1S/C23H25ClN2O3S/c24-18-8-9-19-20(14-18)25-16-21(19)30(28,29)26-22(27)15-23(11-4-5-12-23)13-10-17-6-2-1-3-7-17/h1-3,6-9,14,16,25H,4-5,10-13,15H2,(H,26,27). The first-order valence-electron chi connectivity index (χ1n) is 10.2. The Morgan fingerprint density at radius 3 is 2.57 bits per heavy atom. The van der Waals surface area contributed by atoms with Crippen molar-refractivity contribution in [3.8, 4) is 0 Å². The summed E-state index contributed by atoms with van der Waals surface area (Å²) >= 11 is 5.97. The van der Waals surface area contributed by atoms with E-state index >= 15 is 0 Å². The van der Waals surface area contributed by atoms with E-state index in [9.17, 15) is 13.2 Å². The minimum atomic E-state index is -3.97. The number of carbonyl (C=O) groups is 1. The minimum absolute atomic E-state index is 0.0623. The van der Waals surface area contributed by atoms with Crippen LogP contribution in [0.5, 0.6) is 0 Å². The fourth-order valence-corrected chi connectivity index (χ4v) is 5.91. The molecule has 1 heterocycles. The zero-order valence-electron chi connectivity index (χ0n) is 16.7. The van der Waals surface area contributed by atoms with E-state index < -0.39 is 15.9 Å². The normalized spacial score (nSPS) is 16.0. The molecule has 158 valence electrons. The number of halogens is 1. The Morgan fingerprint density at radius 1 is 1.10 bits per heavy atom. The van der Waals surface area contributed by atoms with Gasteiger partial charge in [-0.05, 0) is 54.9 Å². The van der Waals surface area contributed by atoms with Crippen LogP contribution < -0.4 is 4.72 Å². The second-order valence-electron chi connectivity index (χ2n) is 8.24. The van der Waals surface area contributed by atoms with Crippen LogP contribution in [-0.4, -0.2) is 19.3 Å². The van der Waals surface area contributed by atoms with Crippen molar-refractivity contribution in [3.05, 3.63) is 65.3 Å². The van der Waals surface area contributed by atoms with Gasteiger partial charge in [0.1, 0.15) is 4.90 Å². The van der Waals surface area contributed by atoms with Crippen molar-refractivity contribution in [3.63, 3.8) is 0 Å². The Labute approximate surface area is 181 Å². The third-order valence-electron chi connectivity index (χ3n) is 6.13. The number of hydrogen-bond donors (Lipinski definition) is 2. The molecule has 1 aliphatic rings. The molecule has 1 fully saturated rings. The number of aryl methyl sites for hydroxylation is 1. The maximum absolute atomic E-state index is 12.9. The molecule has 1 amide bonds. The predicted octanol–water partition coefficient (Wildman–Crippen LogP) is 5.21. The number of aromatic amines is 1. The summed E-state index contributed by atoms with van der Waals surface area (Å²) in [5, 5.41) is 1.03. The van der Waals surface area contributed by atoms with Crippen molar-refractivity contribution in [1.29, 1.82) is 0 Å². The van der Waals surface area contributed by atoms with Gasteiger partial charge in [-0.25, -0.2) is 13.1 Å². The van der Waals surface area contributed by atoms with Crippen molar-refractivity contribution in [2.75, 3.05) is 0 Å². The highest BCUT2D eigenvalue weighted by atomic mass is 35.5. The lowest BCUT2D eigenvalue weighted by Gasteiger charge is -2.28. The van der Waals surface area contributed by atoms with Crippen LogP contribution in [0.15, 0.2) is 59.6 Å².